The van der Waals surface area contributed by atoms with Gasteiger partial charge in [-0.25, -0.2) is 9.59 Å². The maximum absolute atomic E-state index is 12.9. The molecule has 31 heavy (non-hydrogen) atoms. The zero-order valence-corrected chi connectivity index (χ0v) is 18.6. The fourth-order valence-corrected chi connectivity index (χ4v) is 3.88. The van der Waals surface area contributed by atoms with Crippen molar-refractivity contribution in [3.8, 4) is 0 Å². The lowest BCUT2D eigenvalue weighted by atomic mass is 10.1. The Bertz CT molecular complexity index is 996. The fourth-order valence-electron chi connectivity index (χ4n) is 2.79. The zero-order chi connectivity index (χ0) is 23.3. The lowest BCUT2D eigenvalue weighted by molar-refractivity contribution is -0.385. The van der Waals surface area contributed by atoms with E-state index >= 15 is 0 Å². The minimum Gasteiger partial charge on any atom is -0.462 e. The van der Waals surface area contributed by atoms with Gasteiger partial charge in [0, 0.05) is 0 Å². The lowest BCUT2D eigenvalue weighted by Gasteiger charge is -2.15. The Morgan fingerprint density at radius 1 is 1.29 bits per heavy atom. The van der Waals surface area contributed by atoms with Gasteiger partial charge >= 0.3 is 17.6 Å². The van der Waals surface area contributed by atoms with Crippen molar-refractivity contribution >= 4 is 39.9 Å². The molecule has 1 N–H and O–H groups in total. The molecular weight excluding hydrogens is 428 g/mol. The Balaban J connectivity index is 2.41. The van der Waals surface area contributed by atoms with E-state index in [9.17, 15) is 24.5 Å². The van der Waals surface area contributed by atoms with Gasteiger partial charge in [-0.3, -0.25) is 19.6 Å². The summed E-state index contributed by atoms with van der Waals surface area (Å²) in [7, 11) is 0. The second kappa shape index (κ2) is 10.2. The van der Waals surface area contributed by atoms with Crippen LogP contribution in [0, 0.1) is 17.0 Å². The predicted octanol–water partition coefficient (Wildman–Crippen LogP) is 3.49. The van der Waals surface area contributed by atoms with Crippen molar-refractivity contribution in [3.63, 3.8) is 0 Å². The summed E-state index contributed by atoms with van der Waals surface area (Å²) in [5, 5.41) is 17.6. The number of carbonyl (C=O) groups excluding carboxylic acids is 3. The summed E-state index contributed by atoms with van der Waals surface area (Å²) >= 11 is 0.906. The van der Waals surface area contributed by atoms with Gasteiger partial charge in [0.05, 0.1) is 23.2 Å². The molecule has 12 heteroatoms. The number of carbonyl (C=O) groups is 3. The van der Waals surface area contributed by atoms with Crippen molar-refractivity contribution in [1.82, 2.24) is 9.78 Å². The molecule has 0 aliphatic rings. The fraction of sp³-hybridized carbons (Fsp3) is 0.474. The summed E-state index contributed by atoms with van der Waals surface area (Å²) in [6.07, 6.45) is 2.08. The number of aromatic nitrogens is 2. The number of nitrogens with one attached hydrogen (secondary N) is 1. The van der Waals surface area contributed by atoms with Gasteiger partial charge in [-0.2, -0.15) is 5.10 Å². The van der Waals surface area contributed by atoms with E-state index in [-0.39, 0.29) is 34.2 Å². The number of esters is 2. The number of hydrogen-bond donors (Lipinski definition) is 1. The lowest BCUT2D eigenvalue weighted by Crippen LogP contribution is -2.26. The average molecular weight is 452 g/mol. The van der Waals surface area contributed by atoms with E-state index in [1.165, 1.54) is 4.68 Å². The zero-order valence-electron chi connectivity index (χ0n) is 17.8. The van der Waals surface area contributed by atoms with E-state index < -0.39 is 34.9 Å². The number of hydrogen-bond acceptors (Lipinski definition) is 9. The minimum absolute atomic E-state index is 0.0661. The largest absolute Gasteiger partial charge is 0.462 e. The maximum atomic E-state index is 12.9. The first-order valence-corrected chi connectivity index (χ1v) is 10.4. The van der Waals surface area contributed by atoms with E-state index in [4.69, 9.17) is 9.47 Å². The first-order chi connectivity index (χ1) is 14.6. The molecule has 1 atom stereocenters. The molecular formula is C19H24N4O7S. The van der Waals surface area contributed by atoms with Crippen molar-refractivity contribution in [2.24, 2.45) is 0 Å². The molecule has 1 amide bonds. The Labute approximate surface area is 182 Å². The molecule has 1 unspecified atom stereocenters. The highest BCUT2D eigenvalue weighted by Crippen LogP contribution is 2.35. The molecule has 11 nitrogen and oxygen atoms in total. The van der Waals surface area contributed by atoms with Crippen LogP contribution >= 0.6 is 11.3 Å². The van der Waals surface area contributed by atoms with Gasteiger partial charge in [0.25, 0.3) is 0 Å². The molecule has 2 aromatic heterocycles. The van der Waals surface area contributed by atoms with Crippen LogP contribution in [0.2, 0.25) is 0 Å². The van der Waals surface area contributed by atoms with Crippen LogP contribution in [0.5, 0.6) is 0 Å². The van der Waals surface area contributed by atoms with E-state index in [0.29, 0.717) is 5.56 Å². The van der Waals surface area contributed by atoms with Crippen LogP contribution in [-0.4, -0.2) is 45.3 Å². The van der Waals surface area contributed by atoms with Crippen LogP contribution in [0.3, 0.4) is 0 Å². The topological polar surface area (TPSA) is 143 Å². The van der Waals surface area contributed by atoms with E-state index in [0.717, 1.165) is 23.7 Å². The number of nitro groups is 1. The summed E-state index contributed by atoms with van der Waals surface area (Å²) in [6.45, 7) is 8.47. The highest BCUT2D eigenvalue weighted by Gasteiger charge is 2.30. The molecule has 0 radical (unpaired) electrons. The molecule has 2 heterocycles. The summed E-state index contributed by atoms with van der Waals surface area (Å²) in [6, 6.07) is -0.865. The monoisotopic (exact) mass is 452 g/mol. The Hall–Kier alpha value is -3.28. The number of thiophene rings is 1. The minimum atomic E-state index is -0.865. The SMILES string of the molecule is CCOC(=O)c1sc(NC(=O)C(CC)n2cc([N+](=O)[O-])cn2)c(C(=O)OC(C)C)c1C. The number of anilines is 1. The highest BCUT2D eigenvalue weighted by atomic mass is 32.1. The molecule has 168 valence electrons. The van der Waals surface area contributed by atoms with Gasteiger partial charge < -0.3 is 14.8 Å². The van der Waals surface area contributed by atoms with Crippen LogP contribution < -0.4 is 5.32 Å². The van der Waals surface area contributed by atoms with Gasteiger partial charge in [0.1, 0.15) is 28.3 Å². The number of amides is 1. The molecule has 0 aliphatic heterocycles. The third-order valence-corrected chi connectivity index (χ3v) is 5.39. The van der Waals surface area contributed by atoms with Crippen molar-refractivity contribution in [2.45, 2.75) is 53.2 Å². The third kappa shape index (κ3) is 5.45. The standard InChI is InChI=1S/C19H24N4O7S/c1-6-13(22-9-12(8-20-22)23(27)28)16(24)21-17-14(18(25)30-10(3)4)11(5)15(31-17)19(26)29-7-2/h8-10,13H,6-7H2,1-5H3,(H,21,24). The molecule has 0 aromatic carbocycles. The number of nitrogens with zero attached hydrogens (tertiary/aromatic N) is 3. The van der Waals surface area contributed by atoms with Crippen molar-refractivity contribution in [3.05, 3.63) is 38.5 Å². The molecule has 0 saturated heterocycles. The normalized spacial score (nSPS) is 11.8. The van der Waals surface area contributed by atoms with Crippen LogP contribution in [-0.2, 0) is 14.3 Å². The number of ether oxygens (including phenoxy) is 2. The van der Waals surface area contributed by atoms with E-state index in [1.807, 2.05) is 0 Å². The smallest absolute Gasteiger partial charge is 0.348 e. The third-order valence-electron chi connectivity index (χ3n) is 4.20. The first-order valence-electron chi connectivity index (χ1n) is 9.61. The predicted molar refractivity (Wildman–Crippen MR) is 112 cm³/mol. The van der Waals surface area contributed by atoms with Gasteiger partial charge in [-0.1, -0.05) is 6.92 Å². The van der Waals surface area contributed by atoms with Crippen LogP contribution in [0.15, 0.2) is 12.4 Å². The molecule has 0 fully saturated rings. The van der Waals surface area contributed by atoms with Crippen molar-refractivity contribution < 1.29 is 28.8 Å². The van der Waals surface area contributed by atoms with E-state index in [1.54, 1.807) is 34.6 Å². The van der Waals surface area contributed by atoms with Crippen LogP contribution in [0.4, 0.5) is 10.7 Å². The number of rotatable bonds is 9. The maximum Gasteiger partial charge on any atom is 0.348 e. The van der Waals surface area contributed by atoms with Crippen LogP contribution in [0.25, 0.3) is 0 Å². The molecule has 2 rings (SSSR count). The Morgan fingerprint density at radius 3 is 2.48 bits per heavy atom. The Kier molecular flexibility index (Phi) is 7.86. The van der Waals surface area contributed by atoms with Gasteiger partial charge in [-0.05, 0) is 39.7 Å². The van der Waals surface area contributed by atoms with Gasteiger partial charge in [0.15, 0.2) is 0 Å². The molecule has 0 aliphatic carbocycles. The molecule has 0 bridgehead atoms. The van der Waals surface area contributed by atoms with Gasteiger partial charge in [0.2, 0.25) is 5.91 Å². The first kappa shape index (κ1) is 24.0. The van der Waals surface area contributed by atoms with Crippen molar-refractivity contribution in [2.75, 3.05) is 11.9 Å². The Morgan fingerprint density at radius 2 is 1.97 bits per heavy atom. The summed E-state index contributed by atoms with van der Waals surface area (Å²) < 4.78 is 11.5. The quantitative estimate of drug-likeness (QED) is 0.346. The molecule has 2 aromatic rings. The van der Waals surface area contributed by atoms with Crippen LogP contribution in [0.1, 0.15) is 65.8 Å². The van der Waals surface area contributed by atoms with E-state index in [2.05, 4.69) is 10.4 Å². The van der Waals surface area contributed by atoms with Gasteiger partial charge in [-0.15, -0.1) is 11.3 Å². The van der Waals surface area contributed by atoms with Crippen molar-refractivity contribution in [1.29, 1.82) is 0 Å². The second-order valence-electron chi connectivity index (χ2n) is 6.78. The summed E-state index contributed by atoms with van der Waals surface area (Å²) in [4.78, 5) is 48.3. The average Bonchev–Trinajstić information content (AvgIpc) is 3.27. The summed E-state index contributed by atoms with van der Waals surface area (Å²) in [5.41, 5.74) is 0.160. The highest BCUT2D eigenvalue weighted by molar-refractivity contribution is 7.18. The molecule has 0 saturated carbocycles. The summed E-state index contributed by atoms with van der Waals surface area (Å²) in [5.74, 6) is -1.84. The second-order valence-corrected chi connectivity index (χ2v) is 7.80. The molecule has 0 spiro atoms.